The van der Waals surface area contributed by atoms with E-state index in [0.717, 1.165) is 32.6 Å². The van der Waals surface area contributed by atoms with Crippen LogP contribution in [0.25, 0.3) is 0 Å². The predicted octanol–water partition coefficient (Wildman–Crippen LogP) is 2.19. The quantitative estimate of drug-likeness (QED) is 0.701. The van der Waals surface area contributed by atoms with E-state index < -0.39 is 0 Å². The highest BCUT2D eigenvalue weighted by Crippen LogP contribution is 2.20. The van der Waals surface area contributed by atoms with Crippen molar-refractivity contribution in [3.05, 3.63) is 0 Å². The maximum absolute atomic E-state index is 5.54. The van der Waals surface area contributed by atoms with Crippen LogP contribution in [0.5, 0.6) is 0 Å². The average molecular weight is 209 g/mol. The summed E-state index contributed by atoms with van der Waals surface area (Å²) in [6.45, 7) is 7.00. The summed E-state index contributed by atoms with van der Waals surface area (Å²) >= 11 is 0. The first-order valence-corrected chi connectivity index (χ1v) is 6.09. The first-order valence-electron chi connectivity index (χ1n) is 6.09. The molecule has 1 saturated heterocycles. The predicted molar refractivity (Wildman–Crippen MR) is 63.7 cm³/mol. The maximum atomic E-state index is 5.54. The van der Waals surface area contributed by atoms with Gasteiger partial charge in [0.1, 0.15) is 0 Å². The largest absolute Gasteiger partial charge is 0.381 e. The molecule has 1 fully saturated rings. The molecule has 1 aliphatic rings. The number of hydrogen-bond acceptors (Lipinski definition) is 2. The summed E-state index contributed by atoms with van der Waals surface area (Å²) in [5.74, 6) is 6.80. The van der Waals surface area contributed by atoms with E-state index in [-0.39, 0.29) is 0 Å². The Morgan fingerprint density at radius 2 is 2.40 bits per heavy atom. The SMILES string of the molecule is CC#CCCC(NCC)C1CCCOC1. The summed E-state index contributed by atoms with van der Waals surface area (Å²) in [7, 11) is 0. The van der Waals surface area contributed by atoms with Gasteiger partial charge in [0.25, 0.3) is 0 Å². The van der Waals surface area contributed by atoms with Crippen LogP contribution in [0.15, 0.2) is 0 Å². The van der Waals surface area contributed by atoms with Crippen LogP contribution in [0, 0.1) is 17.8 Å². The molecule has 1 aliphatic heterocycles. The second-order valence-electron chi connectivity index (χ2n) is 4.11. The van der Waals surface area contributed by atoms with Gasteiger partial charge in [0.15, 0.2) is 0 Å². The van der Waals surface area contributed by atoms with Crippen LogP contribution in [0.2, 0.25) is 0 Å². The number of nitrogens with one attached hydrogen (secondary N) is 1. The molecule has 1 rings (SSSR count). The number of ether oxygens (including phenoxy) is 1. The van der Waals surface area contributed by atoms with Crippen molar-refractivity contribution in [2.45, 2.75) is 45.6 Å². The average Bonchev–Trinajstić information content (AvgIpc) is 2.29. The molecule has 0 aromatic rings. The molecule has 2 nitrogen and oxygen atoms in total. The third-order valence-corrected chi connectivity index (χ3v) is 2.99. The molecule has 2 unspecified atom stereocenters. The lowest BCUT2D eigenvalue weighted by molar-refractivity contribution is 0.0384. The first kappa shape index (κ1) is 12.5. The van der Waals surface area contributed by atoms with Crippen LogP contribution < -0.4 is 5.32 Å². The van der Waals surface area contributed by atoms with Gasteiger partial charge in [0.2, 0.25) is 0 Å². The van der Waals surface area contributed by atoms with Crippen LogP contribution >= 0.6 is 0 Å². The molecule has 0 aromatic carbocycles. The van der Waals surface area contributed by atoms with Crippen LogP contribution in [-0.4, -0.2) is 25.8 Å². The van der Waals surface area contributed by atoms with Crippen molar-refractivity contribution in [1.29, 1.82) is 0 Å². The zero-order valence-electron chi connectivity index (χ0n) is 10.0. The van der Waals surface area contributed by atoms with Crippen molar-refractivity contribution in [2.24, 2.45) is 5.92 Å². The summed E-state index contributed by atoms with van der Waals surface area (Å²) in [6, 6.07) is 0.594. The monoisotopic (exact) mass is 209 g/mol. The van der Waals surface area contributed by atoms with Gasteiger partial charge < -0.3 is 10.1 Å². The van der Waals surface area contributed by atoms with Crippen molar-refractivity contribution in [3.63, 3.8) is 0 Å². The Kier molecular flexibility index (Phi) is 6.47. The van der Waals surface area contributed by atoms with Crippen LogP contribution in [0.4, 0.5) is 0 Å². The zero-order valence-corrected chi connectivity index (χ0v) is 10.0. The van der Waals surface area contributed by atoms with Crippen LogP contribution in [0.3, 0.4) is 0 Å². The molecule has 0 saturated carbocycles. The standard InChI is InChI=1S/C13H23NO/c1-3-5-6-9-13(14-4-2)12-8-7-10-15-11-12/h12-14H,4,6-11H2,1-2H3. The molecular formula is C13H23NO. The van der Waals surface area contributed by atoms with E-state index in [9.17, 15) is 0 Å². The number of hydrogen-bond donors (Lipinski definition) is 1. The fourth-order valence-corrected chi connectivity index (χ4v) is 2.20. The molecule has 2 atom stereocenters. The van der Waals surface area contributed by atoms with E-state index in [1.54, 1.807) is 0 Å². The van der Waals surface area contributed by atoms with E-state index in [2.05, 4.69) is 24.1 Å². The lowest BCUT2D eigenvalue weighted by Crippen LogP contribution is -2.40. The Balaban J connectivity index is 2.35. The fourth-order valence-electron chi connectivity index (χ4n) is 2.20. The van der Waals surface area contributed by atoms with E-state index in [4.69, 9.17) is 4.74 Å². The van der Waals surface area contributed by atoms with E-state index in [1.807, 2.05) is 6.92 Å². The molecule has 0 aromatic heterocycles. The molecule has 15 heavy (non-hydrogen) atoms. The first-order chi connectivity index (χ1) is 7.38. The Morgan fingerprint density at radius 1 is 1.53 bits per heavy atom. The third kappa shape index (κ3) is 4.68. The molecule has 0 bridgehead atoms. The smallest absolute Gasteiger partial charge is 0.0509 e. The highest BCUT2D eigenvalue weighted by Gasteiger charge is 2.22. The number of rotatable bonds is 5. The second-order valence-corrected chi connectivity index (χ2v) is 4.11. The van der Waals surface area contributed by atoms with Gasteiger partial charge in [-0.15, -0.1) is 11.8 Å². The molecule has 0 aliphatic carbocycles. The highest BCUT2D eigenvalue weighted by atomic mass is 16.5. The Labute approximate surface area is 93.8 Å². The van der Waals surface area contributed by atoms with Crippen molar-refractivity contribution >= 4 is 0 Å². The van der Waals surface area contributed by atoms with Gasteiger partial charge in [-0.05, 0) is 38.6 Å². The van der Waals surface area contributed by atoms with Crippen molar-refractivity contribution < 1.29 is 4.74 Å². The second kappa shape index (κ2) is 7.73. The van der Waals surface area contributed by atoms with Gasteiger partial charge >= 0.3 is 0 Å². The zero-order chi connectivity index (χ0) is 10.9. The normalized spacial score (nSPS) is 22.9. The molecule has 0 radical (unpaired) electrons. The van der Waals surface area contributed by atoms with Crippen molar-refractivity contribution in [3.8, 4) is 11.8 Å². The van der Waals surface area contributed by atoms with Gasteiger partial charge in [-0.2, -0.15) is 0 Å². The molecule has 1 N–H and O–H groups in total. The molecule has 0 spiro atoms. The van der Waals surface area contributed by atoms with Gasteiger partial charge in [-0.1, -0.05) is 6.92 Å². The van der Waals surface area contributed by atoms with E-state index >= 15 is 0 Å². The van der Waals surface area contributed by atoms with Crippen LogP contribution in [0.1, 0.15) is 39.5 Å². The maximum Gasteiger partial charge on any atom is 0.0509 e. The van der Waals surface area contributed by atoms with E-state index in [1.165, 1.54) is 12.8 Å². The summed E-state index contributed by atoms with van der Waals surface area (Å²) in [4.78, 5) is 0. The Morgan fingerprint density at radius 3 is 3.00 bits per heavy atom. The summed E-state index contributed by atoms with van der Waals surface area (Å²) in [5, 5.41) is 3.56. The Bertz CT molecular complexity index is 210. The molecule has 0 amide bonds. The van der Waals surface area contributed by atoms with Gasteiger partial charge in [-0.3, -0.25) is 0 Å². The molecule has 86 valence electrons. The molecule has 2 heteroatoms. The summed E-state index contributed by atoms with van der Waals surface area (Å²) in [5.41, 5.74) is 0. The van der Waals surface area contributed by atoms with Crippen molar-refractivity contribution in [2.75, 3.05) is 19.8 Å². The third-order valence-electron chi connectivity index (χ3n) is 2.99. The summed E-state index contributed by atoms with van der Waals surface area (Å²) in [6.07, 6.45) is 4.68. The minimum atomic E-state index is 0.594. The topological polar surface area (TPSA) is 21.3 Å². The molecular weight excluding hydrogens is 186 g/mol. The van der Waals surface area contributed by atoms with Gasteiger partial charge in [0.05, 0.1) is 6.61 Å². The molecule has 1 heterocycles. The Hall–Kier alpha value is -0.520. The summed E-state index contributed by atoms with van der Waals surface area (Å²) < 4.78 is 5.54. The minimum absolute atomic E-state index is 0.594. The lowest BCUT2D eigenvalue weighted by atomic mass is 9.90. The van der Waals surface area contributed by atoms with E-state index in [0.29, 0.717) is 12.0 Å². The van der Waals surface area contributed by atoms with Crippen molar-refractivity contribution in [1.82, 2.24) is 5.32 Å². The van der Waals surface area contributed by atoms with Gasteiger partial charge in [-0.25, -0.2) is 0 Å². The lowest BCUT2D eigenvalue weighted by Gasteiger charge is -2.30. The highest BCUT2D eigenvalue weighted by molar-refractivity contribution is 4.96. The van der Waals surface area contributed by atoms with Gasteiger partial charge in [0, 0.05) is 19.1 Å². The fraction of sp³-hybridized carbons (Fsp3) is 0.846. The van der Waals surface area contributed by atoms with Crippen LogP contribution in [-0.2, 0) is 4.74 Å². The minimum Gasteiger partial charge on any atom is -0.381 e.